The van der Waals surface area contributed by atoms with E-state index in [-0.39, 0.29) is 6.04 Å². The molecule has 1 saturated carbocycles. The maximum Gasteiger partial charge on any atom is 0.0644 e. The van der Waals surface area contributed by atoms with E-state index < -0.39 is 0 Å². The smallest absolute Gasteiger partial charge is 0.0644 e. The van der Waals surface area contributed by atoms with Gasteiger partial charge in [-0.25, -0.2) is 0 Å². The predicted molar refractivity (Wildman–Crippen MR) is 89.2 cm³/mol. The molecule has 1 atom stereocenters. The Balaban J connectivity index is 1.72. The summed E-state index contributed by atoms with van der Waals surface area (Å²) in [5.74, 6) is 0. The van der Waals surface area contributed by atoms with E-state index in [1.54, 1.807) is 11.3 Å². The molecule has 0 spiro atoms. The van der Waals surface area contributed by atoms with Gasteiger partial charge >= 0.3 is 0 Å². The number of aromatic nitrogens is 2. The summed E-state index contributed by atoms with van der Waals surface area (Å²) in [6.07, 6.45) is 8.26. The van der Waals surface area contributed by atoms with Crippen LogP contribution in [0.2, 0.25) is 5.02 Å². The molecule has 2 aromatic rings. The fraction of sp³-hybridized carbons (Fsp3) is 0.562. The summed E-state index contributed by atoms with van der Waals surface area (Å²) in [6.45, 7) is 3.06. The molecule has 0 aliphatic heterocycles. The second kappa shape index (κ2) is 6.95. The average molecular weight is 324 g/mol. The SMILES string of the molecule is CCNC(Cc1ccn(C2CCCC2)n1)c1sccc1Cl. The molecule has 1 fully saturated rings. The van der Waals surface area contributed by atoms with Crippen molar-refractivity contribution < 1.29 is 0 Å². The lowest BCUT2D eigenvalue weighted by molar-refractivity contribution is 0.458. The third-order valence-corrected chi connectivity index (χ3v) is 5.66. The van der Waals surface area contributed by atoms with Gasteiger partial charge in [-0.3, -0.25) is 4.68 Å². The zero-order valence-corrected chi connectivity index (χ0v) is 14.0. The number of hydrogen-bond acceptors (Lipinski definition) is 3. The highest BCUT2D eigenvalue weighted by Gasteiger charge is 2.20. The molecular formula is C16H22ClN3S. The molecular weight excluding hydrogens is 302 g/mol. The lowest BCUT2D eigenvalue weighted by atomic mass is 10.1. The van der Waals surface area contributed by atoms with Gasteiger partial charge in [-0.15, -0.1) is 11.3 Å². The molecule has 114 valence electrons. The Morgan fingerprint density at radius 2 is 2.24 bits per heavy atom. The minimum absolute atomic E-state index is 0.259. The Labute approximate surface area is 135 Å². The largest absolute Gasteiger partial charge is 0.309 e. The summed E-state index contributed by atoms with van der Waals surface area (Å²) in [7, 11) is 0. The molecule has 1 N–H and O–H groups in total. The van der Waals surface area contributed by atoms with E-state index in [4.69, 9.17) is 16.7 Å². The first-order valence-electron chi connectivity index (χ1n) is 7.78. The Morgan fingerprint density at radius 1 is 1.43 bits per heavy atom. The standard InChI is InChI=1S/C16H22ClN3S/c1-2-18-15(16-14(17)8-10-21-16)11-12-7-9-20(19-12)13-5-3-4-6-13/h7-10,13,15,18H,2-6,11H2,1H3. The van der Waals surface area contributed by atoms with Gasteiger partial charge in [0.05, 0.1) is 16.8 Å². The van der Waals surface area contributed by atoms with Crippen LogP contribution in [-0.2, 0) is 6.42 Å². The number of rotatable bonds is 6. The highest BCUT2D eigenvalue weighted by molar-refractivity contribution is 7.10. The van der Waals surface area contributed by atoms with Crippen LogP contribution < -0.4 is 5.32 Å². The first-order chi connectivity index (χ1) is 10.3. The number of likely N-dealkylation sites (N-methyl/N-ethyl adjacent to an activating group) is 1. The quantitative estimate of drug-likeness (QED) is 0.841. The minimum Gasteiger partial charge on any atom is -0.309 e. The minimum atomic E-state index is 0.259. The molecule has 0 saturated heterocycles. The maximum atomic E-state index is 6.29. The predicted octanol–water partition coefficient (Wildman–Crippen LogP) is 4.61. The number of nitrogens with one attached hydrogen (secondary N) is 1. The van der Waals surface area contributed by atoms with Crippen molar-refractivity contribution in [3.05, 3.63) is 39.3 Å². The Hall–Kier alpha value is -0.840. The van der Waals surface area contributed by atoms with E-state index in [1.165, 1.54) is 30.6 Å². The fourth-order valence-electron chi connectivity index (χ4n) is 3.13. The molecule has 3 rings (SSSR count). The lowest BCUT2D eigenvalue weighted by Crippen LogP contribution is -2.22. The third-order valence-electron chi connectivity index (χ3n) is 4.19. The van der Waals surface area contributed by atoms with Crippen molar-refractivity contribution in [2.24, 2.45) is 0 Å². The Bertz CT molecular complexity index is 572. The van der Waals surface area contributed by atoms with Crippen molar-refractivity contribution >= 4 is 22.9 Å². The zero-order valence-electron chi connectivity index (χ0n) is 12.4. The molecule has 1 unspecified atom stereocenters. The van der Waals surface area contributed by atoms with E-state index in [1.807, 2.05) is 6.07 Å². The summed E-state index contributed by atoms with van der Waals surface area (Å²) in [6, 6.07) is 5.00. The second-order valence-corrected chi connectivity index (χ2v) is 7.03. The number of halogens is 1. The number of thiophene rings is 1. The van der Waals surface area contributed by atoms with Gasteiger partial charge < -0.3 is 5.32 Å². The van der Waals surface area contributed by atoms with Gasteiger partial charge in [0.2, 0.25) is 0 Å². The lowest BCUT2D eigenvalue weighted by Gasteiger charge is -2.16. The highest BCUT2D eigenvalue weighted by atomic mass is 35.5. The van der Waals surface area contributed by atoms with Crippen LogP contribution >= 0.6 is 22.9 Å². The van der Waals surface area contributed by atoms with Crippen LogP contribution in [0.4, 0.5) is 0 Å². The van der Waals surface area contributed by atoms with Crippen LogP contribution in [0, 0.1) is 0 Å². The van der Waals surface area contributed by atoms with Crippen molar-refractivity contribution in [2.45, 2.75) is 51.1 Å². The van der Waals surface area contributed by atoms with Crippen molar-refractivity contribution in [2.75, 3.05) is 6.54 Å². The maximum absolute atomic E-state index is 6.29. The first kappa shape index (κ1) is 15.1. The van der Waals surface area contributed by atoms with Crippen LogP contribution in [0.25, 0.3) is 0 Å². The van der Waals surface area contributed by atoms with Crippen LogP contribution in [0.15, 0.2) is 23.7 Å². The van der Waals surface area contributed by atoms with Gasteiger partial charge in [0.1, 0.15) is 0 Å². The summed E-state index contributed by atoms with van der Waals surface area (Å²) in [5, 5.41) is 11.2. The van der Waals surface area contributed by atoms with E-state index in [0.717, 1.165) is 23.7 Å². The van der Waals surface area contributed by atoms with E-state index in [0.29, 0.717) is 6.04 Å². The second-order valence-electron chi connectivity index (χ2n) is 5.67. The molecule has 2 aromatic heterocycles. The molecule has 0 amide bonds. The van der Waals surface area contributed by atoms with Crippen LogP contribution in [0.5, 0.6) is 0 Å². The van der Waals surface area contributed by atoms with Crippen molar-refractivity contribution in [3.63, 3.8) is 0 Å². The molecule has 21 heavy (non-hydrogen) atoms. The number of hydrogen-bond donors (Lipinski definition) is 1. The van der Waals surface area contributed by atoms with E-state index in [9.17, 15) is 0 Å². The van der Waals surface area contributed by atoms with Gasteiger partial charge in [-0.1, -0.05) is 31.4 Å². The average Bonchev–Trinajstić information content (AvgIpc) is 3.18. The van der Waals surface area contributed by atoms with E-state index >= 15 is 0 Å². The molecule has 0 aromatic carbocycles. The topological polar surface area (TPSA) is 29.9 Å². The van der Waals surface area contributed by atoms with Gasteiger partial charge in [-0.2, -0.15) is 5.10 Å². The monoisotopic (exact) mass is 323 g/mol. The molecule has 2 heterocycles. The molecule has 3 nitrogen and oxygen atoms in total. The third kappa shape index (κ3) is 3.50. The van der Waals surface area contributed by atoms with Crippen LogP contribution in [-0.4, -0.2) is 16.3 Å². The summed E-state index contributed by atoms with van der Waals surface area (Å²) >= 11 is 8.01. The van der Waals surface area contributed by atoms with Gasteiger partial charge in [-0.05, 0) is 36.9 Å². The Morgan fingerprint density at radius 3 is 2.90 bits per heavy atom. The summed E-state index contributed by atoms with van der Waals surface area (Å²) in [5.41, 5.74) is 1.15. The van der Waals surface area contributed by atoms with Crippen LogP contribution in [0.3, 0.4) is 0 Å². The fourth-order valence-corrected chi connectivity index (χ4v) is 4.39. The first-order valence-corrected chi connectivity index (χ1v) is 9.04. The Kier molecular flexibility index (Phi) is 4.99. The van der Waals surface area contributed by atoms with Gasteiger partial charge in [0, 0.05) is 23.5 Å². The normalized spacial score (nSPS) is 17.4. The van der Waals surface area contributed by atoms with Gasteiger partial charge in [0.25, 0.3) is 0 Å². The molecule has 5 heteroatoms. The van der Waals surface area contributed by atoms with Gasteiger partial charge in [0.15, 0.2) is 0 Å². The van der Waals surface area contributed by atoms with Crippen LogP contribution in [0.1, 0.15) is 55.3 Å². The number of nitrogens with zero attached hydrogens (tertiary/aromatic N) is 2. The van der Waals surface area contributed by atoms with E-state index in [2.05, 4.69) is 34.6 Å². The summed E-state index contributed by atoms with van der Waals surface area (Å²) in [4.78, 5) is 1.22. The molecule has 0 radical (unpaired) electrons. The molecule has 0 bridgehead atoms. The van der Waals surface area contributed by atoms with Crippen molar-refractivity contribution in [3.8, 4) is 0 Å². The molecule has 1 aliphatic carbocycles. The zero-order chi connectivity index (χ0) is 14.7. The summed E-state index contributed by atoms with van der Waals surface area (Å²) < 4.78 is 2.17. The molecule has 1 aliphatic rings. The van der Waals surface area contributed by atoms with Crippen molar-refractivity contribution in [1.82, 2.24) is 15.1 Å². The highest BCUT2D eigenvalue weighted by Crippen LogP contribution is 2.32. The van der Waals surface area contributed by atoms with Crippen molar-refractivity contribution in [1.29, 1.82) is 0 Å².